The van der Waals surface area contributed by atoms with Crippen molar-refractivity contribution in [2.75, 3.05) is 11.9 Å². The Morgan fingerprint density at radius 1 is 1.28 bits per heavy atom. The third kappa shape index (κ3) is 5.21. The molecule has 0 aliphatic rings. The molecule has 0 bridgehead atoms. The minimum Gasteiger partial charge on any atom is -0.480 e. The third-order valence-electron chi connectivity index (χ3n) is 4.14. The van der Waals surface area contributed by atoms with E-state index in [-0.39, 0.29) is 5.56 Å². The number of alkyl halides is 4. The number of anilines is 1. The lowest BCUT2D eigenvalue weighted by Gasteiger charge is -2.16. The number of hydrogen-bond acceptors (Lipinski definition) is 4. The van der Waals surface area contributed by atoms with E-state index < -0.39 is 41.2 Å². The van der Waals surface area contributed by atoms with Crippen molar-refractivity contribution in [3.63, 3.8) is 0 Å². The van der Waals surface area contributed by atoms with Gasteiger partial charge in [-0.1, -0.05) is 25.1 Å². The highest BCUT2D eigenvalue weighted by molar-refractivity contribution is 6.05. The van der Waals surface area contributed by atoms with Crippen molar-refractivity contribution in [1.82, 2.24) is 0 Å². The summed E-state index contributed by atoms with van der Waals surface area (Å²) in [6.07, 6.45) is -3.34. The summed E-state index contributed by atoms with van der Waals surface area (Å²) in [5, 5.41) is 13.9. The van der Waals surface area contributed by atoms with E-state index in [1.165, 1.54) is 0 Å². The van der Waals surface area contributed by atoms with Crippen molar-refractivity contribution >= 4 is 17.3 Å². The van der Waals surface area contributed by atoms with Crippen LogP contribution in [0, 0.1) is 17.0 Å². The van der Waals surface area contributed by atoms with Crippen LogP contribution in [0.3, 0.4) is 0 Å². The maximum absolute atomic E-state index is 13.0. The van der Waals surface area contributed by atoms with Gasteiger partial charge in [-0.2, -0.15) is 8.78 Å². The van der Waals surface area contributed by atoms with Gasteiger partial charge in [-0.05, 0) is 36.6 Å². The topological polar surface area (TPSA) is 81.5 Å². The highest BCUT2D eigenvalue weighted by Gasteiger charge is 2.42. The second-order valence-corrected chi connectivity index (χ2v) is 6.21. The van der Waals surface area contributed by atoms with Gasteiger partial charge in [-0.15, -0.1) is 0 Å². The maximum atomic E-state index is 13.0. The molecule has 6 nitrogen and oxygen atoms in total. The standard InChI is InChI=1S/C19H18F4N2O4/c1-3-12-6-4-5-11(2)16(12)24-17(26)13-7-8-15(14(9-13)25(27)28)29-10-19(22,23)18(20)21/h4-9,18H,3,10H2,1-2H3,(H,24,26). The molecule has 1 amide bonds. The highest BCUT2D eigenvalue weighted by atomic mass is 19.3. The molecule has 0 radical (unpaired) electrons. The quantitative estimate of drug-likeness (QED) is 0.375. The summed E-state index contributed by atoms with van der Waals surface area (Å²) in [4.78, 5) is 22.8. The predicted molar refractivity (Wildman–Crippen MR) is 98.1 cm³/mol. The lowest BCUT2D eigenvalue weighted by Crippen LogP contribution is -2.33. The van der Waals surface area contributed by atoms with Gasteiger partial charge >= 0.3 is 18.0 Å². The third-order valence-corrected chi connectivity index (χ3v) is 4.14. The van der Waals surface area contributed by atoms with Crippen molar-refractivity contribution in [2.45, 2.75) is 32.6 Å². The number of aryl methyl sites for hydroxylation is 2. The van der Waals surface area contributed by atoms with Crippen LogP contribution in [0.25, 0.3) is 0 Å². The first-order valence-corrected chi connectivity index (χ1v) is 8.54. The Kier molecular flexibility index (Phi) is 6.78. The average molecular weight is 414 g/mol. The van der Waals surface area contributed by atoms with Crippen LogP contribution in [0.15, 0.2) is 36.4 Å². The fraction of sp³-hybridized carbons (Fsp3) is 0.316. The smallest absolute Gasteiger partial charge is 0.340 e. The SMILES string of the molecule is CCc1cccc(C)c1NC(=O)c1ccc(OCC(F)(F)C(F)F)c([N+](=O)[O-])c1. The lowest BCUT2D eigenvalue weighted by atomic mass is 10.1. The minimum atomic E-state index is -4.47. The first kappa shape index (κ1) is 22.1. The van der Waals surface area contributed by atoms with Gasteiger partial charge in [-0.3, -0.25) is 14.9 Å². The molecule has 0 saturated heterocycles. The van der Waals surface area contributed by atoms with Crippen molar-refractivity contribution in [1.29, 1.82) is 0 Å². The zero-order chi connectivity index (χ0) is 21.8. The number of nitro benzene ring substituents is 1. The average Bonchev–Trinajstić information content (AvgIpc) is 2.67. The molecule has 29 heavy (non-hydrogen) atoms. The zero-order valence-electron chi connectivity index (χ0n) is 15.5. The molecular formula is C19H18F4N2O4. The molecule has 0 atom stereocenters. The van der Waals surface area contributed by atoms with E-state index in [0.29, 0.717) is 12.1 Å². The van der Waals surface area contributed by atoms with E-state index in [9.17, 15) is 32.5 Å². The maximum Gasteiger partial charge on any atom is 0.340 e. The van der Waals surface area contributed by atoms with Crippen LogP contribution in [0.4, 0.5) is 28.9 Å². The van der Waals surface area contributed by atoms with Gasteiger partial charge in [-0.25, -0.2) is 8.78 Å². The van der Waals surface area contributed by atoms with Crippen LogP contribution in [-0.4, -0.2) is 29.8 Å². The van der Waals surface area contributed by atoms with Crippen molar-refractivity contribution in [3.05, 3.63) is 63.2 Å². The van der Waals surface area contributed by atoms with E-state index >= 15 is 0 Å². The van der Waals surface area contributed by atoms with Crippen LogP contribution < -0.4 is 10.1 Å². The minimum absolute atomic E-state index is 0.116. The van der Waals surface area contributed by atoms with Crippen molar-refractivity contribution in [3.8, 4) is 5.75 Å². The molecule has 0 aliphatic heterocycles. The molecule has 0 fully saturated rings. The summed E-state index contributed by atoms with van der Waals surface area (Å²) < 4.78 is 55.0. The number of halogens is 4. The number of para-hydroxylation sites is 1. The van der Waals surface area contributed by atoms with Crippen LogP contribution in [0.5, 0.6) is 5.75 Å². The van der Waals surface area contributed by atoms with Gasteiger partial charge in [0.1, 0.15) is 0 Å². The van der Waals surface area contributed by atoms with Crippen LogP contribution in [0.2, 0.25) is 0 Å². The number of nitrogens with one attached hydrogen (secondary N) is 1. The molecule has 0 aliphatic carbocycles. The van der Waals surface area contributed by atoms with Gasteiger partial charge in [0.25, 0.3) is 5.91 Å². The molecule has 2 aromatic carbocycles. The Morgan fingerprint density at radius 3 is 2.55 bits per heavy atom. The van der Waals surface area contributed by atoms with E-state index in [2.05, 4.69) is 10.1 Å². The number of benzene rings is 2. The number of carbonyl (C=O) groups excluding carboxylic acids is 1. The molecule has 10 heteroatoms. The molecule has 156 valence electrons. The van der Waals surface area contributed by atoms with Crippen molar-refractivity contribution in [2.24, 2.45) is 0 Å². The molecule has 0 unspecified atom stereocenters. The molecule has 1 N–H and O–H groups in total. The van der Waals surface area contributed by atoms with Gasteiger partial charge in [0.05, 0.1) is 4.92 Å². The normalized spacial score (nSPS) is 11.4. The summed E-state index contributed by atoms with van der Waals surface area (Å²) in [6, 6.07) is 8.34. The molecule has 2 rings (SSSR count). The summed E-state index contributed by atoms with van der Waals surface area (Å²) in [7, 11) is 0. The van der Waals surface area contributed by atoms with Crippen LogP contribution in [-0.2, 0) is 6.42 Å². The fourth-order valence-electron chi connectivity index (χ4n) is 2.55. The largest absolute Gasteiger partial charge is 0.480 e. The van der Waals surface area contributed by atoms with Crippen molar-refractivity contribution < 1.29 is 32.0 Å². The van der Waals surface area contributed by atoms with E-state index in [1.807, 2.05) is 19.1 Å². The summed E-state index contributed by atoms with van der Waals surface area (Å²) in [6.45, 7) is 1.95. The number of nitro groups is 1. The number of carbonyl (C=O) groups is 1. The second kappa shape index (κ2) is 8.89. The van der Waals surface area contributed by atoms with Gasteiger partial charge in [0.2, 0.25) is 0 Å². The molecule has 0 heterocycles. The fourth-order valence-corrected chi connectivity index (χ4v) is 2.55. The molecule has 0 spiro atoms. The molecule has 2 aromatic rings. The molecular weight excluding hydrogens is 396 g/mol. The Morgan fingerprint density at radius 2 is 1.97 bits per heavy atom. The Balaban J connectivity index is 2.28. The van der Waals surface area contributed by atoms with Crippen LogP contribution >= 0.6 is 0 Å². The second-order valence-electron chi connectivity index (χ2n) is 6.21. The number of hydrogen-bond donors (Lipinski definition) is 1. The highest BCUT2D eigenvalue weighted by Crippen LogP contribution is 2.31. The van der Waals surface area contributed by atoms with Crippen LogP contribution in [0.1, 0.15) is 28.4 Å². The monoisotopic (exact) mass is 414 g/mol. The van der Waals surface area contributed by atoms with Gasteiger partial charge < -0.3 is 10.1 Å². The Hall–Kier alpha value is -3.17. The van der Waals surface area contributed by atoms with E-state index in [4.69, 9.17) is 0 Å². The number of amides is 1. The number of rotatable bonds is 8. The Bertz CT molecular complexity index is 919. The summed E-state index contributed by atoms with van der Waals surface area (Å²) in [5.74, 6) is -5.76. The van der Waals surface area contributed by atoms with Gasteiger partial charge in [0, 0.05) is 17.3 Å². The van der Waals surface area contributed by atoms with Gasteiger partial charge in [0.15, 0.2) is 12.4 Å². The summed E-state index contributed by atoms with van der Waals surface area (Å²) in [5.41, 5.74) is 1.32. The Labute approximate surface area is 163 Å². The van der Waals surface area contributed by atoms with E-state index in [0.717, 1.165) is 29.3 Å². The van der Waals surface area contributed by atoms with E-state index in [1.54, 1.807) is 13.0 Å². The zero-order valence-corrected chi connectivity index (χ0v) is 15.5. The predicted octanol–water partition coefficient (Wildman–Crippen LogP) is 5.00. The molecule has 0 aromatic heterocycles. The molecule has 0 saturated carbocycles. The lowest BCUT2D eigenvalue weighted by molar-refractivity contribution is -0.386. The number of ether oxygens (including phenoxy) is 1. The first-order valence-electron chi connectivity index (χ1n) is 8.54. The first-order chi connectivity index (χ1) is 13.6. The number of nitrogens with zero attached hydrogens (tertiary/aromatic N) is 1. The summed E-state index contributed by atoms with van der Waals surface area (Å²) >= 11 is 0.